The lowest BCUT2D eigenvalue weighted by Crippen LogP contribution is -2.43. The van der Waals surface area contributed by atoms with Crippen LogP contribution in [0.15, 0.2) is 18.2 Å². The molecule has 0 radical (unpaired) electrons. The van der Waals surface area contributed by atoms with Crippen LogP contribution in [0.1, 0.15) is 57.2 Å². The van der Waals surface area contributed by atoms with Gasteiger partial charge in [-0.25, -0.2) is 0 Å². The standard InChI is InChI=1S/C18H29NO2/c1-5-12-19-17(18(3,6-2)20-4)15-11-7-9-14-10-8-13-21-16(14)15/h7,9,11,17,19H,5-6,8,10,12-13H2,1-4H3. The lowest BCUT2D eigenvalue weighted by Gasteiger charge is -2.38. The minimum absolute atomic E-state index is 0.153. The molecular weight excluding hydrogens is 262 g/mol. The van der Waals surface area contributed by atoms with Crippen LogP contribution in [0.4, 0.5) is 0 Å². The van der Waals surface area contributed by atoms with Crippen LogP contribution in [0.5, 0.6) is 5.75 Å². The second-order valence-electron chi connectivity index (χ2n) is 6.04. The van der Waals surface area contributed by atoms with E-state index in [1.807, 2.05) is 0 Å². The number of benzene rings is 1. The van der Waals surface area contributed by atoms with Gasteiger partial charge >= 0.3 is 0 Å². The SMILES string of the molecule is CCCNC(c1cccc2c1OCCC2)C(C)(CC)OC. The molecule has 0 bridgehead atoms. The first-order chi connectivity index (χ1) is 10.2. The van der Waals surface area contributed by atoms with Crippen molar-refractivity contribution in [1.82, 2.24) is 5.32 Å². The first-order valence-electron chi connectivity index (χ1n) is 8.19. The summed E-state index contributed by atoms with van der Waals surface area (Å²) in [6, 6.07) is 6.67. The van der Waals surface area contributed by atoms with Gasteiger partial charge in [0.25, 0.3) is 0 Å². The Labute approximate surface area is 129 Å². The van der Waals surface area contributed by atoms with Crippen molar-refractivity contribution in [2.45, 2.75) is 58.1 Å². The predicted molar refractivity (Wildman–Crippen MR) is 87.0 cm³/mol. The highest BCUT2D eigenvalue weighted by atomic mass is 16.5. The van der Waals surface area contributed by atoms with Gasteiger partial charge in [0.2, 0.25) is 0 Å². The third-order valence-corrected chi connectivity index (χ3v) is 4.65. The Morgan fingerprint density at radius 2 is 2.19 bits per heavy atom. The molecule has 21 heavy (non-hydrogen) atoms. The van der Waals surface area contributed by atoms with Crippen LogP contribution in [0.2, 0.25) is 0 Å². The van der Waals surface area contributed by atoms with Gasteiger partial charge < -0.3 is 14.8 Å². The van der Waals surface area contributed by atoms with Gasteiger partial charge in [0.1, 0.15) is 5.75 Å². The second kappa shape index (κ2) is 7.28. The molecule has 118 valence electrons. The highest BCUT2D eigenvalue weighted by Gasteiger charge is 2.36. The first-order valence-corrected chi connectivity index (χ1v) is 8.19. The second-order valence-corrected chi connectivity index (χ2v) is 6.04. The minimum Gasteiger partial charge on any atom is -0.493 e. The Morgan fingerprint density at radius 3 is 2.86 bits per heavy atom. The minimum atomic E-state index is -0.231. The van der Waals surface area contributed by atoms with Crippen LogP contribution in [0, 0.1) is 0 Å². The van der Waals surface area contributed by atoms with Crippen molar-refractivity contribution in [1.29, 1.82) is 0 Å². The van der Waals surface area contributed by atoms with E-state index in [1.54, 1.807) is 7.11 Å². The molecule has 1 N–H and O–H groups in total. The van der Waals surface area contributed by atoms with Crippen molar-refractivity contribution in [3.05, 3.63) is 29.3 Å². The molecule has 0 amide bonds. The topological polar surface area (TPSA) is 30.5 Å². The molecular formula is C18H29NO2. The Hall–Kier alpha value is -1.06. The lowest BCUT2D eigenvalue weighted by atomic mass is 9.85. The zero-order chi connectivity index (χ0) is 15.3. The van der Waals surface area contributed by atoms with Gasteiger partial charge in [0.05, 0.1) is 18.2 Å². The summed E-state index contributed by atoms with van der Waals surface area (Å²) in [5.74, 6) is 1.08. The number of ether oxygens (including phenoxy) is 2. The van der Waals surface area contributed by atoms with E-state index in [-0.39, 0.29) is 11.6 Å². The third kappa shape index (κ3) is 3.41. The zero-order valence-electron chi connectivity index (χ0n) is 13.9. The zero-order valence-corrected chi connectivity index (χ0v) is 13.9. The van der Waals surface area contributed by atoms with Crippen molar-refractivity contribution in [3.63, 3.8) is 0 Å². The fourth-order valence-electron chi connectivity index (χ4n) is 3.05. The summed E-state index contributed by atoms with van der Waals surface area (Å²) in [5, 5.41) is 3.67. The highest BCUT2D eigenvalue weighted by Crippen LogP contribution is 2.39. The summed E-state index contributed by atoms with van der Waals surface area (Å²) in [7, 11) is 1.81. The van der Waals surface area contributed by atoms with Crippen LogP contribution >= 0.6 is 0 Å². The van der Waals surface area contributed by atoms with E-state index in [4.69, 9.17) is 9.47 Å². The number of hydrogen-bond donors (Lipinski definition) is 1. The molecule has 0 fully saturated rings. The Kier molecular flexibility index (Phi) is 5.65. The van der Waals surface area contributed by atoms with Gasteiger partial charge in [-0.2, -0.15) is 0 Å². The smallest absolute Gasteiger partial charge is 0.127 e. The van der Waals surface area contributed by atoms with Crippen LogP contribution < -0.4 is 10.1 Å². The molecule has 1 aliphatic heterocycles. The molecule has 0 aliphatic carbocycles. The van der Waals surface area contributed by atoms with Crippen molar-refractivity contribution >= 4 is 0 Å². The quantitative estimate of drug-likeness (QED) is 0.827. The maximum Gasteiger partial charge on any atom is 0.127 e. The fraction of sp³-hybridized carbons (Fsp3) is 0.667. The maximum atomic E-state index is 6.00. The fourth-order valence-corrected chi connectivity index (χ4v) is 3.05. The van der Waals surface area contributed by atoms with E-state index in [0.717, 1.165) is 44.6 Å². The van der Waals surface area contributed by atoms with Crippen molar-refractivity contribution < 1.29 is 9.47 Å². The predicted octanol–water partition coefficient (Wildman–Crippen LogP) is 3.87. The molecule has 0 spiro atoms. The number of hydrogen-bond acceptors (Lipinski definition) is 3. The number of para-hydroxylation sites is 1. The van der Waals surface area contributed by atoms with Crippen molar-refractivity contribution in [2.75, 3.05) is 20.3 Å². The highest BCUT2D eigenvalue weighted by molar-refractivity contribution is 5.45. The van der Waals surface area contributed by atoms with Gasteiger partial charge in [0, 0.05) is 12.7 Å². The number of nitrogens with one attached hydrogen (secondary N) is 1. The van der Waals surface area contributed by atoms with E-state index in [1.165, 1.54) is 11.1 Å². The van der Waals surface area contributed by atoms with E-state index in [9.17, 15) is 0 Å². The maximum absolute atomic E-state index is 6.00. The molecule has 3 heteroatoms. The van der Waals surface area contributed by atoms with Crippen LogP contribution in [0.25, 0.3) is 0 Å². The summed E-state index contributed by atoms with van der Waals surface area (Å²) >= 11 is 0. The first kappa shape index (κ1) is 16.3. The normalized spacial score (nSPS) is 18.5. The molecule has 1 aliphatic rings. The van der Waals surface area contributed by atoms with Crippen LogP contribution in [-0.2, 0) is 11.2 Å². The summed E-state index contributed by atoms with van der Waals surface area (Å²) in [6.45, 7) is 8.35. The van der Waals surface area contributed by atoms with Crippen LogP contribution in [-0.4, -0.2) is 25.9 Å². The number of fused-ring (bicyclic) bond motifs is 1. The summed E-state index contributed by atoms with van der Waals surface area (Å²) < 4.78 is 11.9. The molecule has 1 aromatic carbocycles. The Balaban J connectivity index is 2.41. The van der Waals surface area contributed by atoms with Crippen molar-refractivity contribution in [3.8, 4) is 5.75 Å². The Bertz CT molecular complexity index is 455. The summed E-state index contributed by atoms with van der Waals surface area (Å²) in [5.41, 5.74) is 2.34. The largest absolute Gasteiger partial charge is 0.493 e. The average molecular weight is 291 g/mol. The van der Waals surface area contributed by atoms with Crippen molar-refractivity contribution in [2.24, 2.45) is 0 Å². The number of aryl methyl sites for hydroxylation is 1. The number of methoxy groups -OCH3 is 1. The van der Waals surface area contributed by atoms with Crippen LogP contribution in [0.3, 0.4) is 0 Å². The van der Waals surface area contributed by atoms with E-state index in [0.29, 0.717) is 0 Å². The molecule has 0 saturated carbocycles. The third-order valence-electron chi connectivity index (χ3n) is 4.65. The lowest BCUT2D eigenvalue weighted by molar-refractivity contribution is -0.0306. The van der Waals surface area contributed by atoms with E-state index in [2.05, 4.69) is 44.3 Å². The molecule has 2 rings (SSSR count). The number of rotatable bonds is 7. The van der Waals surface area contributed by atoms with Gasteiger partial charge in [-0.1, -0.05) is 32.0 Å². The van der Waals surface area contributed by atoms with Gasteiger partial charge in [0.15, 0.2) is 0 Å². The molecule has 2 unspecified atom stereocenters. The molecule has 0 aromatic heterocycles. The molecule has 2 atom stereocenters. The van der Waals surface area contributed by atoms with E-state index < -0.39 is 0 Å². The Morgan fingerprint density at radius 1 is 1.38 bits per heavy atom. The molecule has 0 saturated heterocycles. The monoisotopic (exact) mass is 291 g/mol. The van der Waals surface area contributed by atoms with E-state index >= 15 is 0 Å². The summed E-state index contributed by atoms with van der Waals surface area (Å²) in [4.78, 5) is 0. The summed E-state index contributed by atoms with van der Waals surface area (Å²) in [6.07, 6.45) is 4.28. The van der Waals surface area contributed by atoms with Gasteiger partial charge in [-0.05, 0) is 44.7 Å². The molecule has 1 heterocycles. The van der Waals surface area contributed by atoms with Gasteiger partial charge in [-0.3, -0.25) is 0 Å². The molecule has 3 nitrogen and oxygen atoms in total. The molecule has 1 aromatic rings. The van der Waals surface area contributed by atoms with Gasteiger partial charge in [-0.15, -0.1) is 0 Å². The average Bonchev–Trinajstić information content (AvgIpc) is 2.55.